The van der Waals surface area contributed by atoms with Crippen LogP contribution in [0.25, 0.3) is 0 Å². The molecular weight excluding hydrogens is 325 g/mol. The summed E-state index contributed by atoms with van der Waals surface area (Å²) in [5, 5.41) is 2.96. The largest absolute Gasteiger partial charge is 0.479 e. The van der Waals surface area contributed by atoms with Crippen LogP contribution in [-0.4, -0.2) is 30.1 Å². The van der Waals surface area contributed by atoms with Crippen LogP contribution >= 0.6 is 0 Å². The van der Waals surface area contributed by atoms with Gasteiger partial charge in [-0.3, -0.25) is 4.79 Å². The Morgan fingerprint density at radius 3 is 2.24 bits per heavy atom. The Balaban J connectivity index is 1.79. The van der Waals surface area contributed by atoms with Gasteiger partial charge in [0.1, 0.15) is 11.6 Å². The number of nitrogens with one attached hydrogen (secondary N) is 1. The van der Waals surface area contributed by atoms with Gasteiger partial charge in [-0.15, -0.1) is 0 Å². The van der Waals surface area contributed by atoms with Crippen molar-refractivity contribution in [1.82, 2.24) is 5.32 Å². The summed E-state index contributed by atoms with van der Waals surface area (Å²) in [4.78, 5) is 24.3. The van der Waals surface area contributed by atoms with Crippen LogP contribution < -0.4 is 10.1 Å². The molecule has 1 aliphatic rings. The van der Waals surface area contributed by atoms with E-state index >= 15 is 0 Å². The van der Waals surface area contributed by atoms with Gasteiger partial charge >= 0.3 is 5.97 Å². The van der Waals surface area contributed by atoms with Crippen LogP contribution in [0.5, 0.6) is 5.75 Å². The Bertz CT molecular complexity index is 567. The van der Waals surface area contributed by atoms with Crippen molar-refractivity contribution in [2.75, 3.05) is 0 Å². The molecule has 0 saturated heterocycles. The molecule has 0 aliphatic heterocycles. The number of halogens is 1. The van der Waals surface area contributed by atoms with Gasteiger partial charge in [0.25, 0.3) is 5.91 Å². The van der Waals surface area contributed by atoms with Crippen molar-refractivity contribution < 1.29 is 23.5 Å². The van der Waals surface area contributed by atoms with E-state index in [2.05, 4.69) is 5.32 Å². The van der Waals surface area contributed by atoms with Crippen molar-refractivity contribution in [1.29, 1.82) is 0 Å². The van der Waals surface area contributed by atoms with Gasteiger partial charge in [0.2, 0.25) is 0 Å². The molecule has 0 heterocycles. The van der Waals surface area contributed by atoms with Crippen LogP contribution in [0.15, 0.2) is 24.3 Å². The molecule has 1 N–H and O–H groups in total. The molecule has 5 nitrogen and oxygen atoms in total. The normalized spacial score (nSPS) is 17.9. The monoisotopic (exact) mass is 351 g/mol. The number of hydrogen-bond acceptors (Lipinski definition) is 4. The van der Waals surface area contributed by atoms with E-state index in [0.717, 1.165) is 25.7 Å². The third-order valence-corrected chi connectivity index (χ3v) is 4.32. The Hall–Kier alpha value is -2.11. The molecule has 1 saturated carbocycles. The molecule has 0 aromatic heterocycles. The smallest absolute Gasteiger partial charge is 0.347 e. The van der Waals surface area contributed by atoms with Gasteiger partial charge < -0.3 is 14.8 Å². The average molecular weight is 351 g/mol. The van der Waals surface area contributed by atoms with Crippen LogP contribution in [0.2, 0.25) is 0 Å². The quantitative estimate of drug-likeness (QED) is 0.630. The lowest BCUT2D eigenvalue weighted by atomic mass is 10.1. The number of carbonyl (C=O) groups is 2. The van der Waals surface area contributed by atoms with Gasteiger partial charge in [-0.05, 0) is 51.0 Å². The van der Waals surface area contributed by atoms with E-state index in [-0.39, 0.29) is 17.8 Å². The molecule has 1 aromatic rings. The highest BCUT2D eigenvalue weighted by Gasteiger charge is 2.25. The molecular formula is C19H26FNO4. The topological polar surface area (TPSA) is 64.6 Å². The lowest BCUT2D eigenvalue weighted by Gasteiger charge is -2.21. The highest BCUT2D eigenvalue weighted by atomic mass is 19.1. The van der Waals surface area contributed by atoms with E-state index in [1.807, 2.05) is 0 Å². The summed E-state index contributed by atoms with van der Waals surface area (Å²) in [5.74, 6) is -0.935. The molecule has 1 aliphatic carbocycles. The highest BCUT2D eigenvalue weighted by molar-refractivity contribution is 5.84. The van der Waals surface area contributed by atoms with Crippen molar-refractivity contribution in [3.63, 3.8) is 0 Å². The van der Waals surface area contributed by atoms with E-state index in [4.69, 9.17) is 9.47 Å². The summed E-state index contributed by atoms with van der Waals surface area (Å²) in [6, 6.07) is 5.51. The predicted molar refractivity (Wildman–Crippen MR) is 91.7 cm³/mol. The number of carbonyl (C=O) groups excluding carboxylic acids is 2. The fourth-order valence-corrected chi connectivity index (χ4v) is 2.83. The summed E-state index contributed by atoms with van der Waals surface area (Å²) >= 11 is 0. The number of hydrogen-bond donors (Lipinski definition) is 1. The molecule has 1 aromatic carbocycles. The van der Waals surface area contributed by atoms with Crippen LogP contribution in [-0.2, 0) is 14.3 Å². The maximum Gasteiger partial charge on any atom is 0.347 e. The summed E-state index contributed by atoms with van der Waals surface area (Å²) < 4.78 is 23.5. The van der Waals surface area contributed by atoms with E-state index in [0.29, 0.717) is 5.75 Å². The van der Waals surface area contributed by atoms with E-state index in [1.165, 1.54) is 44.0 Å². The first-order chi connectivity index (χ1) is 12.0. The summed E-state index contributed by atoms with van der Waals surface area (Å²) in [7, 11) is 0. The van der Waals surface area contributed by atoms with Gasteiger partial charge in [-0.1, -0.05) is 25.7 Å². The minimum Gasteiger partial charge on any atom is -0.479 e. The van der Waals surface area contributed by atoms with E-state index in [9.17, 15) is 14.0 Å². The Morgan fingerprint density at radius 1 is 1.04 bits per heavy atom. The molecule has 0 bridgehead atoms. The fourth-order valence-electron chi connectivity index (χ4n) is 2.83. The maximum atomic E-state index is 12.9. The first-order valence-electron chi connectivity index (χ1n) is 8.89. The molecule has 0 unspecified atom stereocenters. The number of amides is 1. The summed E-state index contributed by atoms with van der Waals surface area (Å²) in [5.41, 5.74) is 0. The summed E-state index contributed by atoms with van der Waals surface area (Å²) in [6.07, 6.45) is 4.80. The lowest BCUT2D eigenvalue weighted by molar-refractivity contribution is -0.161. The standard InChI is InChI=1S/C19H26FNO4/c1-13(18(22)21-16-7-5-3-4-6-8-16)25-19(23)14(2)24-17-11-9-15(20)10-12-17/h9-14,16H,3-8H2,1-2H3,(H,21,22)/t13-,14-/m0/s1. The molecule has 6 heteroatoms. The Morgan fingerprint density at radius 2 is 1.64 bits per heavy atom. The van der Waals surface area contributed by atoms with Crippen molar-refractivity contribution in [2.24, 2.45) is 0 Å². The van der Waals surface area contributed by atoms with Gasteiger partial charge in [0.05, 0.1) is 0 Å². The average Bonchev–Trinajstić information content (AvgIpc) is 2.85. The van der Waals surface area contributed by atoms with Crippen molar-refractivity contribution in [3.8, 4) is 5.75 Å². The zero-order valence-electron chi connectivity index (χ0n) is 14.8. The molecule has 2 rings (SSSR count). The van der Waals surface area contributed by atoms with Crippen LogP contribution in [0.1, 0.15) is 52.4 Å². The first kappa shape index (κ1) is 19.2. The number of benzene rings is 1. The number of esters is 1. The summed E-state index contributed by atoms with van der Waals surface area (Å²) in [6.45, 7) is 3.08. The van der Waals surface area contributed by atoms with Crippen molar-refractivity contribution in [3.05, 3.63) is 30.1 Å². The first-order valence-corrected chi connectivity index (χ1v) is 8.89. The number of ether oxygens (including phenoxy) is 2. The van der Waals surface area contributed by atoms with Crippen molar-refractivity contribution in [2.45, 2.75) is 70.6 Å². The van der Waals surface area contributed by atoms with Gasteiger partial charge in [0, 0.05) is 6.04 Å². The predicted octanol–water partition coefficient (Wildman–Crippen LogP) is 3.36. The van der Waals surface area contributed by atoms with Gasteiger partial charge in [0.15, 0.2) is 12.2 Å². The molecule has 0 spiro atoms. The SMILES string of the molecule is C[C@H](OC(=O)[C@H](C)Oc1ccc(F)cc1)C(=O)NC1CCCCCC1. The van der Waals surface area contributed by atoms with E-state index in [1.54, 1.807) is 6.92 Å². The second-order valence-corrected chi connectivity index (χ2v) is 6.49. The molecule has 0 radical (unpaired) electrons. The zero-order valence-corrected chi connectivity index (χ0v) is 14.8. The third-order valence-electron chi connectivity index (χ3n) is 4.32. The minimum atomic E-state index is -0.890. The maximum absolute atomic E-state index is 12.9. The second-order valence-electron chi connectivity index (χ2n) is 6.49. The molecule has 138 valence electrons. The van der Waals surface area contributed by atoms with Gasteiger partial charge in [-0.25, -0.2) is 9.18 Å². The second kappa shape index (κ2) is 9.39. The minimum absolute atomic E-state index is 0.157. The Labute approximate surface area is 147 Å². The molecule has 25 heavy (non-hydrogen) atoms. The lowest BCUT2D eigenvalue weighted by Crippen LogP contribution is -2.43. The molecule has 2 atom stereocenters. The van der Waals surface area contributed by atoms with Crippen molar-refractivity contribution >= 4 is 11.9 Å². The van der Waals surface area contributed by atoms with Crippen LogP contribution in [0, 0.1) is 5.82 Å². The number of rotatable bonds is 6. The third kappa shape index (κ3) is 6.36. The molecule has 1 amide bonds. The highest BCUT2D eigenvalue weighted by Crippen LogP contribution is 2.17. The zero-order chi connectivity index (χ0) is 18.2. The Kier molecular flexibility index (Phi) is 7.22. The van der Waals surface area contributed by atoms with Crippen LogP contribution in [0.4, 0.5) is 4.39 Å². The fraction of sp³-hybridized carbons (Fsp3) is 0.579. The van der Waals surface area contributed by atoms with Crippen LogP contribution in [0.3, 0.4) is 0 Å². The molecule has 1 fully saturated rings. The van der Waals surface area contributed by atoms with E-state index < -0.39 is 18.2 Å². The van der Waals surface area contributed by atoms with Gasteiger partial charge in [-0.2, -0.15) is 0 Å².